The normalized spacial score (nSPS) is 15.5. The van der Waals surface area contributed by atoms with E-state index in [1.165, 1.54) is 11.0 Å². The molecular formula is C25H21F3N3O3P. The summed E-state index contributed by atoms with van der Waals surface area (Å²) in [5.41, 5.74) is 0.343. The van der Waals surface area contributed by atoms with E-state index in [1.807, 2.05) is 0 Å². The van der Waals surface area contributed by atoms with Crippen LogP contribution in [0, 0.1) is 5.92 Å². The number of anilines is 2. The Morgan fingerprint density at radius 3 is 2.57 bits per heavy atom. The SMILES string of the molecule is O=C(Nc1cccc(N2CCc3c(Oc4ccc(C(F)(F)F)cc4P)cccc3C2=O)n1)C1CC1. The third-order valence-corrected chi connectivity index (χ3v) is 6.41. The zero-order valence-electron chi connectivity index (χ0n) is 18.4. The van der Waals surface area contributed by atoms with Gasteiger partial charge in [0.1, 0.15) is 23.1 Å². The van der Waals surface area contributed by atoms with Crippen molar-refractivity contribution in [3.63, 3.8) is 0 Å². The fourth-order valence-corrected chi connectivity index (χ4v) is 4.30. The molecule has 6 nitrogen and oxygen atoms in total. The van der Waals surface area contributed by atoms with Crippen LogP contribution in [-0.2, 0) is 17.4 Å². The molecule has 2 aromatic carbocycles. The molecule has 35 heavy (non-hydrogen) atoms. The summed E-state index contributed by atoms with van der Waals surface area (Å²) in [6, 6.07) is 13.4. The molecule has 180 valence electrons. The summed E-state index contributed by atoms with van der Waals surface area (Å²) in [4.78, 5) is 31.4. The molecule has 0 saturated heterocycles. The maximum Gasteiger partial charge on any atom is 0.416 e. The number of amides is 2. The van der Waals surface area contributed by atoms with Crippen molar-refractivity contribution in [3.8, 4) is 11.5 Å². The first-order valence-corrected chi connectivity index (χ1v) is 11.6. The number of ether oxygens (including phenoxy) is 1. The molecule has 1 unspecified atom stereocenters. The highest BCUT2D eigenvalue weighted by Gasteiger charge is 2.32. The third-order valence-electron chi connectivity index (χ3n) is 5.96. The number of fused-ring (bicyclic) bond motifs is 1. The predicted octanol–water partition coefficient (Wildman–Crippen LogP) is 4.94. The van der Waals surface area contributed by atoms with E-state index in [1.54, 1.807) is 36.4 Å². The van der Waals surface area contributed by atoms with Gasteiger partial charge in [0.2, 0.25) is 5.91 Å². The lowest BCUT2D eigenvalue weighted by atomic mass is 9.98. The van der Waals surface area contributed by atoms with Gasteiger partial charge in [0.05, 0.1) is 5.56 Å². The maximum atomic E-state index is 13.3. The summed E-state index contributed by atoms with van der Waals surface area (Å²) >= 11 is 0. The molecule has 0 radical (unpaired) electrons. The van der Waals surface area contributed by atoms with Crippen LogP contribution in [-0.4, -0.2) is 23.3 Å². The molecule has 2 amide bonds. The number of hydrogen-bond donors (Lipinski definition) is 1. The van der Waals surface area contributed by atoms with Gasteiger partial charge in [-0.25, -0.2) is 4.98 Å². The zero-order chi connectivity index (χ0) is 24.7. The Bertz CT molecular complexity index is 1320. The lowest BCUT2D eigenvalue weighted by Crippen LogP contribution is -2.38. The summed E-state index contributed by atoms with van der Waals surface area (Å²) in [5.74, 6) is 1.19. The van der Waals surface area contributed by atoms with E-state index in [2.05, 4.69) is 19.5 Å². The smallest absolute Gasteiger partial charge is 0.416 e. The van der Waals surface area contributed by atoms with Gasteiger partial charge >= 0.3 is 6.18 Å². The van der Waals surface area contributed by atoms with Gasteiger partial charge in [-0.2, -0.15) is 13.2 Å². The number of aromatic nitrogens is 1. The molecule has 5 rings (SSSR count). The van der Waals surface area contributed by atoms with Crippen LogP contribution in [0.25, 0.3) is 0 Å². The van der Waals surface area contributed by atoms with Crippen molar-refractivity contribution in [2.75, 3.05) is 16.8 Å². The van der Waals surface area contributed by atoms with Crippen molar-refractivity contribution in [3.05, 3.63) is 71.3 Å². The minimum atomic E-state index is -4.45. The summed E-state index contributed by atoms with van der Waals surface area (Å²) in [7, 11) is 2.26. The molecule has 1 aromatic heterocycles. The highest BCUT2D eigenvalue weighted by molar-refractivity contribution is 7.27. The van der Waals surface area contributed by atoms with Gasteiger partial charge in [-0.3, -0.25) is 14.5 Å². The number of carbonyl (C=O) groups excluding carboxylic acids is 2. The molecule has 1 aliphatic heterocycles. The molecule has 0 bridgehead atoms. The van der Waals surface area contributed by atoms with Crippen molar-refractivity contribution >= 4 is 38.0 Å². The van der Waals surface area contributed by atoms with Crippen LogP contribution < -0.4 is 20.3 Å². The molecule has 1 N–H and O–H groups in total. The van der Waals surface area contributed by atoms with E-state index in [0.717, 1.165) is 25.0 Å². The van der Waals surface area contributed by atoms with Gasteiger partial charge in [0, 0.05) is 28.9 Å². The first-order chi connectivity index (χ1) is 16.7. The molecule has 1 atom stereocenters. The summed E-state index contributed by atoms with van der Waals surface area (Å²) < 4.78 is 44.9. The Morgan fingerprint density at radius 1 is 1.09 bits per heavy atom. The minimum Gasteiger partial charge on any atom is -0.456 e. The molecule has 2 heterocycles. The first-order valence-electron chi connectivity index (χ1n) is 11.1. The number of pyridine rings is 1. The van der Waals surface area contributed by atoms with E-state index in [-0.39, 0.29) is 28.8 Å². The average Bonchev–Trinajstić information content (AvgIpc) is 3.66. The maximum absolute atomic E-state index is 13.3. The molecule has 0 spiro atoms. The summed E-state index contributed by atoms with van der Waals surface area (Å²) in [6.07, 6.45) is -2.23. The lowest BCUT2D eigenvalue weighted by Gasteiger charge is -2.29. The van der Waals surface area contributed by atoms with E-state index in [4.69, 9.17) is 4.74 Å². The molecule has 3 aromatic rings. The molecule has 1 saturated carbocycles. The second-order valence-electron chi connectivity index (χ2n) is 8.49. The van der Waals surface area contributed by atoms with Crippen LogP contribution in [0.15, 0.2) is 54.6 Å². The average molecular weight is 499 g/mol. The van der Waals surface area contributed by atoms with E-state index < -0.39 is 11.7 Å². The van der Waals surface area contributed by atoms with Gasteiger partial charge in [-0.05, 0) is 61.7 Å². The number of rotatable bonds is 5. The molecule has 2 aliphatic rings. The molecule has 10 heteroatoms. The van der Waals surface area contributed by atoms with E-state index in [9.17, 15) is 22.8 Å². The van der Waals surface area contributed by atoms with Gasteiger partial charge in [0.25, 0.3) is 5.91 Å². The van der Waals surface area contributed by atoms with Crippen molar-refractivity contribution < 1.29 is 27.5 Å². The number of carbonyl (C=O) groups is 2. The second kappa shape index (κ2) is 8.96. The van der Waals surface area contributed by atoms with Gasteiger partial charge in [-0.15, -0.1) is 9.24 Å². The zero-order valence-corrected chi connectivity index (χ0v) is 19.6. The Balaban J connectivity index is 1.38. The number of nitrogens with zero attached hydrogens (tertiary/aromatic N) is 2. The topological polar surface area (TPSA) is 71.5 Å². The molecule has 1 fully saturated rings. The number of nitrogens with one attached hydrogen (secondary N) is 1. The van der Waals surface area contributed by atoms with Gasteiger partial charge < -0.3 is 10.1 Å². The lowest BCUT2D eigenvalue weighted by molar-refractivity contribution is -0.137. The van der Waals surface area contributed by atoms with Crippen molar-refractivity contribution in [1.29, 1.82) is 0 Å². The quantitative estimate of drug-likeness (QED) is 0.505. The molecule has 1 aliphatic carbocycles. The fraction of sp³-hybridized carbons (Fsp3) is 0.240. The number of hydrogen-bond acceptors (Lipinski definition) is 4. The Labute approximate surface area is 201 Å². The summed E-state index contributed by atoms with van der Waals surface area (Å²) in [5, 5.41) is 3.05. The Hall–Kier alpha value is -3.45. The van der Waals surface area contributed by atoms with Crippen LogP contribution in [0.2, 0.25) is 0 Å². The largest absolute Gasteiger partial charge is 0.456 e. The first kappa shape index (κ1) is 23.3. The number of alkyl halides is 3. The predicted molar refractivity (Wildman–Crippen MR) is 128 cm³/mol. The van der Waals surface area contributed by atoms with E-state index in [0.29, 0.717) is 41.5 Å². The Morgan fingerprint density at radius 2 is 1.86 bits per heavy atom. The number of benzene rings is 2. The summed E-state index contributed by atoms with van der Waals surface area (Å²) in [6.45, 7) is 0.333. The molecular weight excluding hydrogens is 478 g/mol. The second-order valence-corrected chi connectivity index (χ2v) is 9.11. The van der Waals surface area contributed by atoms with Crippen molar-refractivity contribution in [1.82, 2.24) is 4.98 Å². The minimum absolute atomic E-state index is 0.0362. The van der Waals surface area contributed by atoms with Crippen LogP contribution in [0.5, 0.6) is 11.5 Å². The van der Waals surface area contributed by atoms with Gasteiger partial charge in [-0.1, -0.05) is 12.1 Å². The highest BCUT2D eigenvalue weighted by Crippen LogP contribution is 2.35. The van der Waals surface area contributed by atoms with E-state index >= 15 is 0 Å². The van der Waals surface area contributed by atoms with Crippen LogP contribution in [0.1, 0.15) is 34.3 Å². The standard InChI is InChI=1S/C25H21F3N3O3P/c26-25(27,28)15-9-10-19(20(35)13-15)34-18-4-1-3-17-16(18)11-12-31(24(17)33)22-6-2-5-21(29-22)30-23(32)14-7-8-14/h1-6,9-10,13-14H,7-8,11-12,35H2,(H,29,30,32). The van der Waals surface area contributed by atoms with Crippen LogP contribution in [0.4, 0.5) is 24.8 Å². The third kappa shape index (κ3) is 4.86. The number of halogens is 3. The van der Waals surface area contributed by atoms with Gasteiger partial charge in [0.15, 0.2) is 0 Å². The van der Waals surface area contributed by atoms with Crippen molar-refractivity contribution in [2.45, 2.75) is 25.4 Å². The van der Waals surface area contributed by atoms with Crippen molar-refractivity contribution in [2.24, 2.45) is 5.92 Å². The fourth-order valence-electron chi connectivity index (χ4n) is 3.96. The highest BCUT2D eigenvalue weighted by atomic mass is 31.0. The Kier molecular flexibility index (Phi) is 5.97. The monoisotopic (exact) mass is 499 g/mol. The van der Waals surface area contributed by atoms with Crippen LogP contribution >= 0.6 is 9.24 Å². The van der Waals surface area contributed by atoms with Crippen LogP contribution in [0.3, 0.4) is 0 Å².